The first kappa shape index (κ1) is 20.8. The maximum atomic E-state index is 14.6. The van der Waals surface area contributed by atoms with Gasteiger partial charge in [-0.25, -0.2) is 8.78 Å². The summed E-state index contributed by atoms with van der Waals surface area (Å²) in [5, 5.41) is 0. The van der Waals surface area contributed by atoms with E-state index in [1.165, 1.54) is 20.3 Å². The Morgan fingerprint density at radius 3 is 1.88 bits per heavy atom. The first-order valence-electron chi connectivity index (χ1n) is 8.39. The Bertz CT molecular complexity index is 622. The molecule has 2 bridgehead atoms. The van der Waals surface area contributed by atoms with Crippen molar-refractivity contribution in [3.05, 3.63) is 0 Å². The van der Waals surface area contributed by atoms with E-state index in [9.17, 15) is 17.9 Å². The minimum Gasteiger partial charge on any atom is -0.367 e. The summed E-state index contributed by atoms with van der Waals surface area (Å²) in [6.07, 6.45) is -9.18. The van der Waals surface area contributed by atoms with Crippen LogP contribution in [0.25, 0.3) is 0 Å². The highest BCUT2D eigenvalue weighted by Crippen LogP contribution is 2.52. The summed E-state index contributed by atoms with van der Waals surface area (Å²) in [6.45, 7) is 4.73. The molecule has 0 spiro atoms. The molecular formula is C14H24F2O8P2. The molecule has 26 heavy (non-hydrogen) atoms. The molecule has 10 atom stereocenters. The summed E-state index contributed by atoms with van der Waals surface area (Å²) < 4.78 is 86.1. The first-order valence-corrected chi connectivity index (χ1v) is 12.4. The molecular weight excluding hydrogens is 396 g/mol. The van der Waals surface area contributed by atoms with Crippen molar-refractivity contribution in [1.29, 1.82) is 0 Å². The molecule has 0 aromatic heterocycles. The van der Waals surface area contributed by atoms with Gasteiger partial charge >= 0.3 is 15.2 Å². The molecule has 4 unspecified atom stereocenters. The molecule has 0 amide bonds. The van der Waals surface area contributed by atoms with Crippen LogP contribution < -0.4 is 0 Å². The highest BCUT2D eigenvalue weighted by molar-refractivity contribution is 7.53. The topological polar surface area (TPSA) is 89.5 Å². The second kappa shape index (κ2) is 7.48. The Hall–Kier alpha value is 0.0800. The number of halogens is 2. The molecule has 3 aliphatic heterocycles. The quantitative estimate of drug-likeness (QED) is 0.553. The van der Waals surface area contributed by atoms with Crippen LogP contribution in [0, 0.1) is 0 Å². The lowest BCUT2D eigenvalue weighted by molar-refractivity contribution is -0.0253. The van der Waals surface area contributed by atoms with Crippen LogP contribution in [-0.4, -0.2) is 75.5 Å². The lowest BCUT2D eigenvalue weighted by atomic mass is 10.1. The number of alkyl halides is 2. The fourth-order valence-corrected chi connectivity index (χ4v) is 5.64. The molecule has 3 rings (SSSR count). The van der Waals surface area contributed by atoms with Crippen LogP contribution in [0.5, 0.6) is 0 Å². The van der Waals surface area contributed by atoms with Gasteiger partial charge in [0.15, 0.2) is 12.3 Å². The summed E-state index contributed by atoms with van der Waals surface area (Å²) in [7, 11) is -7.41. The number of fused-ring (bicyclic) bond motifs is 3. The Morgan fingerprint density at radius 2 is 1.27 bits per heavy atom. The summed E-state index contributed by atoms with van der Waals surface area (Å²) in [4.78, 5) is 0. The van der Waals surface area contributed by atoms with E-state index in [1.54, 1.807) is 6.92 Å². The fourth-order valence-electron chi connectivity index (χ4n) is 3.25. The van der Waals surface area contributed by atoms with Gasteiger partial charge in [0.1, 0.15) is 24.4 Å². The van der Waals surface area contributed by atoms with Crippen LogP contribution in [0.4, 0.5) is 8.78 Å². The average Bonchev–Trinajstić information content (AvgIpc) is 2.95. The molecule has 3 aliphatic rings. The largest absolute Gasteiger partial charge is 0.367 e. The van der Waals surface area contributed by atoms with Gasteiger partial charge in [0.25, 0.3) is 0 Å². The Labute approximate surface area is 150 Å². The van der Waals surface area contributed by atoms with E-state index in [-0.39, 0.29) is 13.2 Å². The molecule has 0 aromatic rings. The highest BCUT2D eigenvalue weighted by Gasteiger charge is 2.50. The Balaban J connectivity index is 1.85. The SMILES string of the molecule is C[C@@H]1O[C@@H]2COP(C)(=O)O[C@@H]3C(F)[C@@H](COP(C)(=O)O[C@H]2C1F)O[C@H]3C. The van der Waals surface area contributed by atoms with Gasteiger partial charge in [-0.3, -0.25) is 18.2 Å². The summed E-state index contributed by atoms with van der Waals surface area (Å²) in [5.74, 6) is 0. The van der Waals surface area contributed by atoms with Gasteiger partial charge in [-0.1, -0.05) is 0 Å². The summed E-state index contributed by atoms with van der Waals surface area (Å²) in [6, 6.07) is 0. The fraction of sp³-hybridized carbons (Fsp3) is 1.00. The van der Waals surface area contributed by atoms with Gasteiger partial charge in [0.05, 0.1) is 25.4 Å². The Morgan fingerprint density at radius 1 is 0.769 bits per heavy atom. The van der Waals surface area contributed by atoms with E-state index in [4.69, 9.17) is 27.6 Å². The molecule has 0 radical (unpaired) electrons. The van der Waals surface area contributed by atoms with E-state index >= 15 is 0 Å². The highest BCUT2D eigenvalue weighted by atomic mass is 31.2. The smallest absolute Gasteiger partial charge is 0.328 e. The van der Waals surface area contributed by atoms with Crippen molar-refractivity contribution < 1.29 is 45.5 Å². The van der Waals surface area contributed by atoms with Crippen LogP contribution in [0.3, 0.4) is 0 Å². The monoisotopic (exact) mass is 420 g/mol. The predicted octanol–water partition coefficient (Wildman–Crippen LogP) is 2.70. The van der Waals surface area contributed by atoms with Gasteiger partial charge in [0.2, 0.25) is 0 Å². The van der Waals surface area contributed by atoms with Crippen molar-refractivity contribution in [2.45, 2.75) is 62.8 Å². The lowest BCUT2D eigenvalue weighted by Crippen LogP contribution is -2.34. The number of hydrogen-bond donors (Lipinski definition) is 0. The van der Waals surface area contributed by atoms with E-state index in [1.807, 2.05) is 0 Å². The van der Waals surface area contributed by atoms with Crippen molar-refractivity contribution in [2.24, 2.45) is 0 Å². The molecule has 3 heterocycles. The first-order chi connectivity index (χ1) is 12.0. The maximum absolute atomic E-state index is 14.6. The van der Waals surface area contributed by atoms with Crippen LogP contribution in [0.2, 0.25) is 0 Å². The zero-order chi connectivity index (χ0) is 19.3. The van der Waals surface area contributed by atoms with Gasteiger partial charge in [-0.15, -0.1) is 0 Å². The molecule has 0 aromatic carbocycles. The van der Waals surface area contributed by atoms with Gasteiger partial charge in [-0.05, 0) is 13.8 Å². The van der Waals surface area contributed by atoms with Crippen molar-refractivity contribution in [3.63, 3.8) is 0 Å². The molecule has 8 nitrogen and oxygen atoms in total. The van der Waals surface area contributed by atoms with E-state index in [2.05, 4.69) is 0 Å². The van der Waals surface area contributed by atoms with Gasteiger partial charge < -0.3 is 18.5 Å². The maximum Gasteiger partial charge on any atom is 0.328 e. The molecule has 0 aliphatic carbocycles. The predicted molar refractivity (Wildman–Crippen MR) is 87.2 cm³/mol. The molecule has 0 N–H and O–H groups in total. The molecule has 12 heteroatoms. The number of hydrogen-bond acceptors (Lipinski definition) is 8. The van der Waals surface area contributed by atoms with Crippen LogP contribution in [0.15, 0.2) is 0 Å². The van der Waals surface area contributed by atoms with E-state index < -0.39 is 64.2 Å². The number of rotatable bonds is 0. The molecule has 3 fully saturated rings. The third-order valence-corrected chi connectivity index (χ3v) is 7.10. The summed E-state index contributed by atoms with van der Waals surface area (Å²) in [5.41, 5.74) is 0. The average molecular weight is 420 g/mol. The van der Waals surface area contributed by atoms with Gasteiger partial charge in [0, 0.05) is 13.3 Å². The zero-order valence-electron chi connectivity index (χ0n) is 14.9. The standard InChI is InChI=1S/C14H24F2O8P2/c1-7-11(15)14-10(21-7)6-20-25(3,17)23-13-8(2)22-9(12(13)16)5-19-26(4,18)24-14/h7-14H,5-6H2,1-4H3/t7-,8-,9+,10+,11?,12?,13-,14+,25?,26?/m0/s1. The van der Waals surface area contributed by atoms with Crippen LogP contribution in [-0.2, 0) is 36.7 Å². The van der Waals surface area contributed by atoms with Crippen molar-refractivity contribution in [3.8, 4) is 0 Å². The minimum atomic E-state index is -3.73. The third-order valence-electron chi connectivity index (χ3n) is 4.61. The van der Waals surface area contributed by atoms with Crippen LogP contribution >= 0.6 is 15.2 Å². The van der Waals surface area contributed by atoms with Crippen molar-refractivity contribution >= 4 is 15.2 Å². The zero-order valence-corrected chi connectivity index (χ0v) is 16.7. The Kier molecular flexibility index (Phi) is 5.99. The molecule has 152 valence electrons. The summed E-state index contributed by atoms with van der Waals surface area (Å²) >= 11 is 0. The normalized spacial score (nSPS) is 56.2. The second-order valence-corrected chi connectivity index (χ2v) is 10.9. The van der Waals surface area contributed by atoms with Crippen molar-refractivity contribution in [2.75, 3.05) is 26.5 Å². The van der Waals surface area contributed by atoms with Crippen molar-refractivity contribution in [1.82, 2.24) is 0 Å². The lowest BCUT2D eigenvalue weighted by Gasteiger charge is -2.25. The minimum absolute atomic E-state index is 0.328. The van der Waals surface area contributed by atoms with E-state index in [0.29, 0.717) is 0 Å². The number of ether oxygens (including phenoxy) is 2. The molecule has 0 saturated carbocycles. The second-order valence-electron chi connectivity index (χ2n) is 6.92. The van der Waals surface area contributed by atoms with Gasteiger partial charge in [-0.2, -0.15) is 0 Å². The van der Waals surface area contributed by atoms with E-state index in [0.717, 1.165) is 0 Å². The third kappa shape index (κ3) is 4.39. The molecule has 3 saturated heterocycles. The van der Waals surface area contributed by atoms with Crippen LogP contribution in [0.1, 0.15) is 13.8 Å².